The van der Waals surface area contributed by atoms with Gasteiger partial charge in [-0.05, 0) is 37.5 Å². The molecule has 0 spiro atoms. The van der Waals surface area contributed by atoms with Gasteiger partial charge in [-0.25, -0.2) is 0 Å². The number of carbonyl (C=O) groups is 1. The van der Waals surface area contributed by atoms with Gasteiger partial charge < -0.3 is 15.8 Å². The molecule has 0 aromatic heterocycles. The predicted octanol–water partition coefficient (Wildman–Crippen LogP) is 3.70. The quantitative estimate of drug-likeness (QED) is 0.596. The lowest BCUT2D eigenvalue weighted by Crippen LogP contribution is -2.18. The van der Waals surface area contributed by atoms with Crippen LogP contribution in [0.15, 0.2) is 18.2 Å². The molecule has 112 valence electrons. The molecule has 3 N–H and O–H groups in total. The van der Waals surface area contributed by atoms with Crippen LogP contribution in [0.1, 0.15) is 33.6 Å². The molecule has 0 heterocycles. The lowest BCUT2D eigenvalue weighted by atomic mass is 10.1. The van der Waals surface area contributed by atoms with Crippen LogP contribution in [-0.2, 0) is 9.53 Å². The third-order valence-corrected chi connectivity index (χ3v) is 3.39. The van der Waals surface area contributed by atoms with Gasteiger partial charge in [0.2, 0.25) is 5.91 Å². The van der Waals surface area contributed by atoms with Gasteiger partial charge in [0.05, 0.1) is 17.5 Å². The van der Waals surface area contributed by atoms with Crippen molar-refractivity contribution >= 4 is 28.9 Å². The highest BCUT2D eigenvalue weighted by Crippen LogP contribution is 2.22. The molecule has 0 bridgehead atoms. The fourth-order valence-corrected chi connectivity index (χ4v) is 1.74. The first-order valence-corrected chi connectivity index (χ1v) is 7.24. The summed E-state index contributed by atoms with van der Waals surface area (Å²) in [4.78, 5) is 11.8. The number of nitrogens with one attached hydrogen (secondary N) is 1. The van der Waals surface area contributed by atoms with E-state index in [2.05, 4.69) is 19.2 Å². The van der Waals surface area contributed by atoms with Crippen molar-refractivity contribution in [3.05, 3.63) is 23.2 Å². The minimum absolute atomic E-state index is 0.0696. The van der Waals surface area contributed by atoms with Gasteiger partial charge in [-0.3, -0.25) is 4.79 Å². The van der Waals surface area contributed by atoms with Crippen LogP contribution in [0.3, 0.4) is 0 Å². The van der Waals surface area contributed by atoms with Crippen LogP contribution >= 0.6 is 11.6 Å². The van der Waals surface area contributed by atoms with Gasteiger partial charge >= 0.3 is 0 Å². The lowest BCUT2D eigenvalue weighted by Gasteiger charge is -2.16. The van der Waals surface area contributed by atoms with Crippen LogP contribution in [0, 0.1) is 5.92 Å². The number of rotatable bonds is 7. The zero-order valence-electron chi connectivity index (χ0n) is 12.3. The molecule has 1 atom stereocenters. The van der Waals surface area contributed by atoms with Crippen molar-refractivity contribution in [2.24, 2.45) is 5.92 Å². The maximum Gasteiger partial charge on any atom is 0.224 e. The van der Waals surface area contributed by atoms with Gasteiger partial charge in [-0.1, -0.05) is 25.4 Å². The van der Waals surface area contributed by atoms with Crippen molar-refractivity contribution < 1.29 is 9.53 Å². The molecule has 5 heteroatoms. The summed E-state index contributed by atoms with van der Waals surface area (Å²) in [6.07, 6.45) is 1.31. The molecule has 1 rings (SSSR count). The average molecular weight is 299 g/mol. The zero-order valence-corrected chi connectivity index (χ0v) is 13.0. The Morgan fingerprint density at radius 1 is 1.40 bits per heavy atom. The third-order valence-electron chi connectivity index (χ3n) is 3.16. The molecule has 0 saturated heterocycles. The number of amides is 1. The van der Waals surface area contributed by atoms with E-state index in [1.807, 2.05) is 6.92 Å². The molecule has 0 saturated carbocycles. The largest absolute Gasteiger partial charge is 0.397 e. The Bertz CT molecular complexity index is 449. The van der Waals surface area contributed by atoms with Crippen molar-refractivity contribution in [1.82, 2.24) is 0 Å². The highest BCUT2D eigenvalue weighted by Gasteiger charge is 2.08. The topological polar surface area (TPSA) is 64.3 Å². The molecule has 0 aliphatic rings. The van der Waals surface area contributed by atoms with E-state index in [0.717, 1.165) is 0 Å². The van der Waals surface area contributed by atoms with Crippen molar-refractivity contribution in [1.29, 1.82) is 0 Å². The second kappa shape index (κ2) is 8.12. The van der Waals surface area contributed by atoms with Crippen LogP contribution in [0.4, 0.5) is 11.4 Å². The molecule has 0 aliphatic heterocycles. The van der Waals surface area contributed by atoms with Crippen LogP contribution in [-0.4, -0.2) is 18.6 Å². The number of anilines is 2. The van der Waals surface area contributed by atoms with Crippen molar-refractivity contribution in [3.8, 4) is 0 Å². The summed E-state index contributed by atoms with van der Waals surface area (Å²) >= 11 is 5.80. The van der Waals surface area contributed by atoms with E-state index in [-0.39, 0.29) is 12.0 Å². The molecule has 1 aromatic rings. The van der Waals surface area contributed by atoms with Gasteiger partial charge in [0.15, 0.2) is 0 Å². The number of carbonyl (C=O) groups excluding carboxylic acids is 1. The maximum atomic E-state index is 11.8. The fourth-order valence-electron chi connectivity index (χ4n) is 1.55. The Morgan fingerprint density at radius 2 is 2.10 bits per heavy atom. The van der Waals surface area contributed by atoms with Crippen molar-refractivity contribution in [2.45, 2.75) is 39.7 Å². The van der Waals surface area contributed by atoms with Crippen molar-refractivity contribution in [3.63, 3.8) is 0 Å². The summed E-state index contributed by atoms with van der Waals surface area (Å²) < 4.78 is 5.62. The second-order valence-corrected chi connectivity index (χ2v) is 5.64. The molecule has 1 aromatic carbocycles. The van der Waals surface area contributed by atoms with E-state index in [0.29, 0.717) is 41.8 Å². The molecule has 0 aliphatic carbocycles. The molecule has 1 amide bonds. The number of hydrogen-bond acceptors (Lipinski definition) is 3. The summed E-state index contributed by atoms with van der Waals surface area (Å²) in [5.41, 5.74) is 6.84. The minimum atomic E-state index is -0.0696. The summed E-state index contributed by atoms with van der Waals surface area (Å²) in [6.45, 7) is 6.85. The first kappa shape index (κ1) is 16.8. The standard InChI is InChI=1S/C15H23ClN2O2/c1-10(2)11(3)20-8-4-5-15(19)18-14-7-6-12(16)9-13(14)17/h6-7,9-11H,4-5,8,17H2,1-3H3,(H,18,19). The van der Waals surface area contributed by atoms with Gasteiger partial charge in [0.25, 0.3) is 0 Å². The maximum absolute atomic E-state index is 11.8. The second-order valence-electron chi connectivity index (χ2n) is 5.20. The average Bonchev–Trinajstić information content (AvgIpc) is 2.37. The molecule has 4 nitrogen and oxygen atoms in total. The van der Waals surface area contributed by atoms with E-state index >= 15 is 0 Å². The SMILES string of the molecule is CC(C)C(C)OCCCC(=O)Nc1ccc(Cl)cc1N. The first-order chi connectivity index (χ1) is 9.40. The molecule has 0 radical (unpaired) electrons. The Hall–Kier alpha value is -1.26. The smallest absolute Gasteiger partial charge is 0.224 e. The van der Waals surface area contributed by atoms with Crippen LogP contribution in [0.5, 0.6) is 0 Å². The number of benzene rings is 1. The van der Waals surface area contributed by atoms with E-state index < -0.39 is 0 Å². The van der Waals surface area contributed by atoms with Gasteiger partial charge in [-0.2, -0.15) is 0 Å². The molecule has 0 fully saturated rings. The van der Waals surface area contributed by atoms with Crippen molar-refractivity contribution in [2.75, 3.05) is 17.7 Å². The van der Waals surface area contributed by atoms with E-state index in [4.69, 9.17) is 22.1 Å². The number of hydrogen-bond donors (Lipinski definition) is 2. The predicted molar refractivity (Wildman–Crippen MR) is 84.0 cm³/mol. The summed E-state index contributed by atoms with van der Waals surface area (Å²) in [6, 6.07) is 5.01. The Morgan fingerprint density at radius 3 is 2.70 bits per heavy atom. The first-order valence-electron chi connectivity index (χ1n) is 6.86. The van der Waals surface area contributed by atoms with E-state index in [9.17, 15) is 4.79 Å². The molecule has 20 heavy (non-hydrogen) atoms. The molecular weight excluding hydrogens is 276 g/mol. The highest BCUT2D eigenvalue weighted by molar-refractivity contribution is 6.31. The number of nitrogen functional groups attached to an aromatic ring is 1. The number of halogens is 1. The van der Waals surface area contributed by atoms with E-state index in [1.54, 1.807) is 18.2 Å². The Balaban J connectivity index is 2.30. The normalized spacial score (nSPS) is 12.4. The highest BCUT2D eigenvalue weighted by atomic mass is 35.5. The Kier molecular flexibility index (Phi) is 6.82. The van der Waals surface area contributed by atoms with E-state index in [1.165, 1.54) is 0 Å². The Labute approximate surface area is 125 Å². The third kappa shape index (κ3) is 5.80. The summed E-state index contributed by atoms with van der Waals surface area (Å²) in [5, 5.41) is 3.32. The van der Waals surface area contributed by atoms with Crippen LogP contribution in [0.2, 0.25) is 5.02 Å². The van der Waals surface area contributed by atoms with Gasteiger partial charge in [-0.15, -0.1) is 0 Å². The summed E-state index contributed by atoms with van der Waals surface area (Å²) in [7, 11) is 0. The number of ether oxygens (including phenoxy) is 1. The minimum Gasteiger partial charge on any atom is -0.397 e. The van der Waals surface area contributed by atoms with Crippen LogP contribution < -0.4 is 11.1 Å². The summed E-state index contributed by atoms with van der Waals surface area (Å²) in [5.74, 6) is 0.414. The number of nitrogens with two attached hydrogens (primary N) is 1. The monoisotopic (exact) mass is 298 g/mol. The van der Waals surface area contributed by atoms with Crippen LogP contribution in [0.25, 0.3) is 0 Å². The molecular formula is C15H23ClN2O2. The fraction of sp³-hybridized carbons (Fsp3) is 0.533. The van der Waals surface area contributed by atoms with Gasteiger partial charge in [0, 0.05) is 18.1 Å². The molecule has 1 unspecified atom stereocenters. The lowest BCUT2D eigenvalue weighted by molar-refractivity contribution is -0.116. The zero-order chi connectivity index (χ0) is 15.1. The van der Waals surface area contributed by atoms with Gasteiger partial charge in [0.1, 0.15) is 0 Å².